The maximum absolute atomic E-state index is 4.51. The highest BCUT2D eigenvalue weighted by molar-refractivity contribution is 6.01. The normalized spacial score (nSPS) is 12.2. The number of aromatic nitrogens is 3. The topological polar surface area (TPSA) is 37.2 Å². The molecule has 0 aliphatic carbocycles. The summed E-state index contributed by atoms with van der Waals surface area (Å²) in [7, 11) is 2.01. The van der Waals surface area contributed by atoms with Gasteiger partial charge in [0.1, 0.15) is 0 Å². The van der Waals surface area contributed by atoms with Crippen LogP contribution in [0.3, 0.4) is 0 Å². The van der Waals surface area contributed by atoms with Crippen molar-refractivity contribution in [3.8, 4) is 22.8 Å². The van der Waals surface area contributed by atoms with Crippen LogP contribution >= 0.6 is 0 Å². The monoisotopic (exact) mass is 491 g/mol. The highest BCUT2D eigenvalue weighted by atomic mass is 15.3. The lowest BCUT2D eigenvalue weighted by Gasteiger charge is -2.40. The number of anilines is 6. The molecule has 0 unspecified atom stereocenters. The van der Waals surface area contributed by atoms with Gasteiger partial charge in [0.05, 0.1) is 22.7 Å². The standard InChI is InChI=1S/C33H25N5/c1-36-32(24-12-4-2-5-13-24)34-35-33(36)25-20-22-27(23-21-25)38-30-18-10-8-16-28(30)37(26-14-6-3-7-15-26)29-17-9-11-19-31(29)38/h2-23H,1H3. The van der Waals surface area contributed by atoms with E-state index < -0.39 is 0 Å². The second-order valence-corrected chi connectivity index (χ2v) is 9.30. The molecule has 0 bridgehead atoms. The highest BCUT2D eigenvalue weighted by Gasteiger charge is 2.29. The summed E-state index contributed by atoms with van der Waals surface area (Å²) in [4.78, 5) is 4.67. The molecule has 0 saturated carbocycles. The van der Waals surface area contributed by atoms with Crippen LogP contribution < -0.4 is 9.80 Å². The van der Waals surface area contributed by atoms with Crippen molar-refractivity contribution in [1.82, 2.24) is 14.8 Å². The minimum atomic E-state index is 0.838. The lowest BCUT2D eigenvalue weighted by molar-refractivity contribution is 0.930. The number of fused-ring (bicyclic) bond motifs is 2. The first kappa shape index (κ1) is 22.1. The summed E-state index contributed by atoms with van der Waals surface area (Å²) in [5, 5.41) is 8.98. The fourth-order valence-corrected chi connectivity index (χ4v) is 5.26. The third-order valence-corrected chi connectivity index (χ3v) is 7.03. The molecule has 38 heavy (non-hydrogen) atoms. The number of para-hydroxylation sites is 5. The molecule has 0 fully saturated rings. The zero-order valence-electron chi connectivity index (χ0n) is 20.9. The molecule has 182 valence electrons. The molecule has 6 aromatic rings. The lowest BCUT2D eigenvalue weighted by Crippen LogP contribution is -2.23. The molecule has 5 aromatic carbocycles. The van der Waals surface area contributed by atoms with Gasteiger partial charge < -0.3 is 14.4 Å². The molecule has 0 amide bonds. The molecule has 2 heterocycles. The average molecular weight is 492 g/mol. The van der Waals surface area contributed by atoms with Gasteiger partial charge in [-0.1, -0.05) is 72.8 Å². The number of hydrogen-bond donors (Lipinski definition) is 0. The molecule has 5 heteroatoms. The number of nitrogens with zero attached hydrogens (tertiary/aromatic N) is 5. The van der Waals surface area contributed by atoms with Crippen molar-refractivity contribution in [2.24, 2.45) is 7.05 Å². The Morgan fingerprint density at radius 1 is 0.395 bits per heavy atom. The van der Waals surface area contributed by atoms with E-state index in [0.717, 1.165) is 56.9 Å². The van der Waals surface area contributed by atoms with Gasteiger partial charge in [0.2, 0.25) is 0 Å². The number of benzene rings is 5. The largest absolute Gasteiger partial charge is 0.310 e. The summed E-state index contributed by atoms with van der Waals surface area (Å²) in [5.41, 5.74) is 8.85. The smallest absolute Gasteiger partial charge is 0.163 e. The van der Waals surface area contributed by atoms with Gasteiger partial charge in [-0.15, -0.1) is 10.2 Å². The first-order chi connectivity index (χ1) is 18.8. The summed E-state index contributed by atoms with van der Waals surface area (Å²) < 4.78 is 2.05. The van der Waals surface area contributed by atoms with Crippen molar-refractivity contribution in [1.29, 1.82) is 0 Å². The minimum absolute atomic E-state index is 0.838. The molecule has 0 saturated heterocycles. The predicted molar refractivity (Wildman–Crippen MR) is 155 cm³/mol. The van der Waals surface area contributed by atoms with Crippen LogP contribution in [0.5, 0.6) is 0 Å². The van der Waals surface area contributed by atoms with Gasteiger partial charge in [0, 0.05) is 29.5 Å². The Morgan fingerprint density at radius 3 is 1.24 bits per heavy atom. The Labute approximate surface area is 221 Å². The van der Waals surface area contributed by atoms with Crippen LogP contribution in [-0.2, 0) is 7.05 Å². The van der Waals surface area contributed by atoms with Gasteiger partial charge in [-0.2, -0.15) is 0 Å². The van der Waals surface area contributed by atoms with Crippen LogP contribution in [0, 0.1) is 0 Å². The zero-order chi connectivity index (χ0) is 25.5. The third kappa shape index (κ3) is 3.56. The van der Waals surface area contributed by atoms with Crippen molar-refractivity contribution in [3.63, 3.8) is 0 Å². The molecule has 0 atom stereocenters. The summed E-state index contributed by atoms with van der Waals surface area (Å²) in [5.74, 6) is 1.69. The fourth-order valence-electron chi connectivity index (χ4n) is 5.26. The van der Waals surface area contributed by atoms with Gasteiger partial charge in [0.25, 0.3) is 0 Å². The van der Waals surface area contributed by atoms with Gasteiger partial charge in [-0.05, 0) is 60.7 Å². The summed E-state index contributed by atoms with van der Waals surface area (Å²) in [6.07, 6.45) is 0. The summed E-state index contributed by atoms with van der Waals surface area (Å²) >= 11 is 0. The van der Waals surface area contributed by atoms with E-state index in [4.69, 9.17) is 0 Å². The van der Waals surface area contributed by atoms with Crippen LogP contribution in [0.4, 0.5) is 34.1 Å². The third-order valence-electron chi connectivity index (χ3n) is 7.03. The molecule has 1 aliphatic heterocycles. The Balaban J connectivity index is 1.31. The Kier molecular flexibility index (Phi) is 5.26. The zero-order valence-corrected chi connectivity index (χ0v) is 20.9. The SMILES string of the molecule is Cn1c(-c2ccccc2)nnc1-c1ccc(N2c3ccccc3N(c3ccccc3)c3ccccc32)cc1. The van der Waals surface area contributed by atoms with Crippen LogP contribution in [0.15, 0.2) is 133 Å². The van der Waals surface area contributed by atoms with Crippen molar-refractivity contribution in [2.75, 3.05) is 9.80 Å². The van der Waals surface area contributed by atoms with E-state index >= 15 is 0 Å². The minimum Gasteiger partial charge on any atom is -0.310 e. The van der Waals surface area contributed by atoms with Crippen LogP contribution in [0.25, 0.3) is 22.8 Å². The quantitative estimate of drug-likeness (QED) is 0.248. The van der Waals surface area contributed by atoms with E-state index in [2.05, 4.69) is 135 Å². The van der Waals surface area contributed by atoms with Crippen LogP contribution in [0.1, 0.15) is 0 Å². The van der Waals surface area contributed by atoms with Gasteiger partial charge in [-0.25, -0.2) is 0 Å². The van der Waals surface area contributed by atoms with E-state index in [1.165, 1.54) is 0 Å². The maximum Gasteiger partial charge on any atom is 0.163 e. The first-order valence-electron chi connectivity index (χ1n) is 12.7. The fraction of sp³-hybridized carbons (Fsp3) is 0.0303. The molecule has 5 nitrogen and oxygen atoms in total. The maximum atomic E-state index is 4.51. The molecule has 1 aliphatic rings. The van der Waals surface area contributed by atoms with Crippen molar-refractivity contribution < 1.29 is 0 Å². The van der Waals surface area contributed by atoms with Gasteiger partial charge in [-0.3, -0.25) is 0 Å². The van der Waals surface area contributed by atoms with Crippen LogP contribution in [0.2, 0.25) is 0 Å². The van der Waals surface area contributed by atoms with E-state index in [9.17, 15) is 0 Å². The first-order valence-corrected chi connectivity index (χ1v) is 12.7. The van der Waals surface area contributed by atoms with Gasteiger partial charge in [0.15, 0.2) is 11.6 Å². The molecule has 1 aromatic heterocycles. The molecular formula is C33H25N5. The Bertz CT molecular complexity index is 1680. The van der Waals surface area contributed by atoms with E-state index in [1.54, 1.807) is 0 Å². The molecule has 0 radical (unpaired) electrons. The average Bonchev–Trinajstić information content (AvgIpc) is 3.38. The van der Waals surface area contributed by atoms with Gasteiger partial charge >= 0.3 is 0 Å². The summed E-state index contributed by atoms with van der Waals surface area (Å²) in [6.45, 7) is 0. The highest BCUT2D eigenvalue weighted by Crippen LogP contribution is 2.53. The number of hydrogen-bond acceptors (Lipinski definition) is 4. The van der Waals surface area contributed by atoms with Crippen LogP contribution in [-0.4, -0.2) is 14.8 Å². The predicted octanol–water partition coefficient (Wildman–Crippen LogP) is 8.40. The lowest BCUT2D eigenvalue weighted by atomic mass is 10.0. The molecule has 0 spiro atoms. The van der Waals surface area contributed by atoms with Crippen molar-refractivity contribution in [2.45, 2.75) is 0 Å². The van der Waals surface area contributed by atoms with Crippen molar-refractivity contribution >= 4 is 34.1 Å². The van der Waals surface area contributed by atoms with E-state index in [1.807, 2.05) is 29.8 Å². The molecular weight excluding hydrogens is 466 g/mol. The van der Waals surface area contributed by atoms with Crippen molar-refractivity contribution in [3.05, 3.63) is 133 Å². The molecule has 0 N–H and O–H groups in total. The molecule has 7 rings (SSSR count). The van der Waals surface area contributed by atoms with E-state index in [0.29, 0.717) is 0 Å². The second-order valence-electron chi connectivity index (χ2n) is 9.30. The summed E-state index contributed by atoms with van der Waals surface area (Å²) in [6, 6.07) is 46.4. The number of rotatable bonds is 4. The second kappa shape index (κ2) is 9.05. The Morgan fingerprint density at radius 2 is 0.763 bits per heavy atom. The Hall–Kier alpha value is -5.16. The van der Waals surface area contributed by atoms with E-state index in [-0.39, 0.29) is 0 Å².